The zero-order valence-electron chi connectivity index (χ0n) is 12.1. The molecule has 104 valence electrons. The Morgan fingerprint density at radius 1 is 1.21 bits per heavy atom. The summed E-state index contributed by atoms with van der Waals surface area (Å²) in [5.41, 5.74) is 0.430. The van der Waals surface area contributed by atoms with Gasteiger partial charge in [-0.25, -0.2) is 0 Å². The minimum atomic E-state index is -0.329. The molecule has 1 aliphatic carbocycles. The molecule has 3 nitrogen and oxygen atoms in total. The van der Waals surface area contributed by atoms with E-state index in [4.69, 9.17) is 4.74 Å². The third-order valence-corrected chi connectivity index (χ3v) is 4.29. The predicted molar refractivity (Wildman–Crippen MR) is 76.8 cm³/mol. The zero-order valence-corrected chi connectivity index (χ0v) is 12.1. The largest absolute Gasteiger partial charge is 0.497 e. The molecule has 1 aromatic rings. The Morgan fingerprint density at radius 3 is 2.47 bits per heavy atom. The summed E-state index contributed by atoms with van der Waals surface area (Å²) >= 11 is 0. The third-order valence-electron chi connectivity index (χ3n) is 4.29. The van der Waals surface area contributed by atoms with E-state index in [0.717, 1.165) is 37.0 Å². The first-order valence-corrected chi connectivity index (χ1v) is 6.96. The highest BCUT2D eigenvalue weighted by Crippen LogP contribution is 2.35. The van der Waals surface area contributed by atoms with Gasteiger partial charge < -0.3 is 4.74 Å². The third kappa shape index (κ3) is 2.66. The highest BCUT2D eigenvalue weighted by atomic mass is 16.5. The Labute approximate surface area is 115 Å². The van der Waals surface area contributed by atoms with E-state index in [2.05, 4.69) is 4.90 Å². The second kappa shape index (κ2) is 5.74. The van der Waals surface area contributed by atoms with Gasteiger partial charge in [-0.3, -0.25) is 9.69 Å². The maximum absolute atomic E-state index is 12.9. The smallest absolute Gasteiger partial charge is 0.183 e. The minimum Gasteiger partial charge on any atom is -0.497 e. The molecular weight excluding hydrogens is 238 g/mol. The lowest BCUT2D eigenvalue weighted by atomic mass is 9.75. The summed E-state index contributed by atoms with van der Waals surface area (Å²) in [6.07, 6.45) is 5.41. The fourth-order valence-corrected chi connectivity index (χ4v) is 3.05. The van der Waals surface area contributed by atoms with E-state index in [1.54, 1.807) is 7.11 Å². The molecule has 0 spiro atoms. The maximum atomic E-state index is 12.9. The number of hydrogen-bond acceptors (Lipinski definition) is 3. The maximum Gasteiger partial charge on any atom is 0.183 e. The van der Waals surface area contributed by atoms with Crippen LogP contribution in [0.2, 0.25) is 0 Å². The number of carbonyl (C=O) groups excluding carboxylic acids is 1. The Kier molecular flexibility index (Phi) is 4.25. The van der Waals surface area contributed by atoms with Gasteiger partial charge in [-0.05, 0) is 39.1 Å². The van der Waals surface area contributed by atoms with Gasteiger partial charge in [0, 0.05) is 5.56 Å². The summed E-state index contributed by atoms with van der Waals surface area (Å²) in [6, 6.07) is 7.51. The van der Waals surface area contributed by atoms with Crippen molar-refractivity contribution in [1.29, 1.82) is 0 Å². The highest BCUT2D eigenvalue weighted by Gasteiger charge is 2.41. The molecule has 0 aliphatic heterocycles. The quantitative estimate of drug-likeness (QED) is 0.780. The molecule has 1 saturated carbocycles. The number of methoxy groups -OCH3 is 1. The monoisotopic (exact) mass is 261 g/mol. The second-order valence-electron chi connectivity index (χ2n) is 5.55. The first-order chi connectivity index (χ1) is 9.10. The Bertz CT molecular complexity index is 448. The van der Waals surface area contributed by atoms with Crippen molar-refractivity contribution >= 4 is 5.78 Å². The van der Waals surface area contributed by atoms with Crippen LogP contribution in [0.1, 0.15) is 42.5 Å². The van der Waals surface area contributed by atoms with Crippen molar-refractivity contribution in [3.8, 4) is 5.75 Å². The Balaban J connectivity index is 2.33. The molecule has 19 heavy (non-hydrogen) atoms. The summed E-state index contributed by atoms with van der Waals surface area (Å²) < 4.78 is 5.22. The average molecular weight is 261 g/mol. The van der Waals surface area contributed by atoms with Crippen LogP contribution in [-0.2, 0) is 0 Å². The highest BCUT2D eigenvalue weighted by molar-refractivity contribution is 6.03. The van der Waals surface area contributed by atoms with Gasteiger partial charge in [0.05, 0.1) is 12.6 Å². The molecule has 0 heterocycles. The molecule has 0 bridgehead atoms. The molecule has 2 rings (SSSR count). The van der Waals surface area contributed by atoms with Gasteiger partial charge in [0.1, 0.15) is 5.75 Å². The van der Waals surface area contributed by atoms with E-state index in [1.165, 1.54) is 6.42 Å². The molecule has 0 N–H and O–H groups in total. The number of rotatable bonds is 4. The molecule has 0 amide bonds. The van der Waals surface area contributed by atoms with Crippen molar-refractivity contribution in [2.45, 2.75) is 37.6 Å². The summed E-state index contributed by atoms with van der Waals surface area (Å²) in [7, 11) is 5.67. The Hall–Kier alpha value is -1.35. The van der Waals surface area contributed by atoms with Crippen LogP contribution in [0.5, 0.6) is 5.75 Å². The number of Topliss-reactive ketones (excluding diaryl/α,β-unsaturated/α-hetero) is 1. The van der Waals surface area contributed by atoms with E-state index in [-0.39, 0.29) is 11.3 Å². The topological polar surface area (TPSA) is 29.5 Å². The van der Waals surface area contributed by atoms with Crippen LogP contribution in [0, 0.1) is 0 Å². The number of likely N-dealkylation sites (N-methyl/N-ethyl adjacent to an activating group) is 1. The van der Waals surface area contributed by atoms with Crippen LogP contribution in [0.4, 0.5) is 0 Å². The van der Waals surface area contributed by atoms with Crippen LogP contribution in [0.3, 0.4) is 0 Å². The van der Waals surface area contributed by atoms with Gasteiger partial charge in [-0.1, -0.05) is 31.4 Å². The molecule has 1 fully saturated rings. The van der Waals surface area contributed by atoms with Crippen molar-refractivity contribution in [1.82, 2.24) is 4.90 Å². The molecule has 0 saturated heterocycles. The molecule has 3 heteroatoms. The zero-order chi connectivity index (χ0) is 13.9. The van der Waals surface area contributed by atoms with E-state index in [0.29, 0.717) is 0 Å². The summed E-state index contributed by atoms with van der Waals surface area (Å²) in [4.78, 5) is 15.0. The van der Waals surface area contributed by atoms with Gasteiger partial charge >= 0.3 is 0 Å². The number of ether oxygens (including phenoxy) is 1. The molecule has 0 radical (unpaired) electrons. The van der Waals surface area contributed by atoms with Gasteiger partial charge in [0.25, 0.3) is 0 Å². The minimum absolute atomic E-state index is 0.233. The van der Waals surface area contributed by atoms with Crippen LogP contribution in [0.25, 0.3) is 0 Å². The van der Waals surface area contributed by atoms with E-state index >= 15 is 0 Å². The number of ketones is 1. The molecule has 1 aliphatic rings. The van der Waals surface area contributed by atoms with Crippen LogP contribution in [0.15, 0.2) is 24.3 Å². The average Bonchev–Trinajstić information content (AvgIpc) is 2.47. The second-order valence-corrected chi connectivity index (χ2v) is 5.55. The molecule has 0 aromatic heterocycles. The number of benzene rings is 1. The van der Waals surface area contributed by atoms with Crippen molar-refractivity contribution in [3.63, 3.8) is 0 Å². The lowest BCUT2D eigenvalue weighted by molar-refractivity contribution is 0.0563. The fourth-order valence-electron chi connectivity index (χ4n) is 3.05. The lowest BCUT2D eigenvalue weighted by Gasteiger charge is -2.41. The van der Waals surface area contributed by atoms with Crippen molar-refractivity contribution in [2.75, 3.05) is 21.2 Å². The van der Waals surface area contributed by atoms with Crippen molar-refractivity contribution < 1.29 is 9.53 Å². The van der Waals surface area contributed by atoms with Gasteiger partial charge in [-0.15, -0.1) is 0 Å². The van der Waals surface area contributed by atoms with E-state index < -0.39 is 0 Å². The van der Waals surface area contributed by atoms with Gasteiger partial charge in [0.15, 0.2) is 5.78 Å². The lowest BCUT2D eigenvalue weighted by Crippen LogP contribution is -2.52. The summed E-state index contributed by atoms with van der Waals surface area (Å²) in [5.74, 6) is 0.978. The van der Waals surface area contributed by atoms with Gasteiger partial charge in [-0.2, -0.15) is 0 Å². The van der Waals surface area contributed by atoms with E-state index in [9.17, 15) is 4.79 Å². The first-order valence-electron chi connectivity index (χ1n) is 6.96. The predicted octanol–water partition coefficient (Wildman–Crippen LogP) is 3.14. The van der Waals surface area contributed by atoms with Gasteiger partial charge in [0.2, 0.25) is 0 Å². The number of nitrogens with zero attached hydrogens (tertiary/aromatic N) is 1. The van der Waals surface area contributed by atoms with Crippen molar-refractivity contribution in [2.24, 2.45) is 0 Å². The fraction of sp³-hybridized carbons (Fsp3) is 0.562. The van der Waals surface area contributed by atoms with Crippen LogP contribution >= 0.6 is 0 Å². The normalized spacial score (nSPS) is 18.3. The molecule has 1 aromatic carbocycles. The van der Waals surface area contributed by atoms with Crippen molar-refractivity contribution in [3.05, 3.63) is 29.8 Å². The summed E-state index contributed by atoms with van der Waals surface area (Å²) in [6.45, 7) is 0. The summed E-state index contributed by atoms with van der Waals surface area (Å²) in [5, 5.41) is 0. The molecular formula is C16H23NO2. The first kappa shape index (κ1) is 14.1. The number of hydrogen-bond donors (Lipinski definition) is 0. The van der Waals surface area contributed by atoms with Crippen LogP contribution < -0.4 is 4.74 Å². The molecule has 0 unspecified atom stereocenters. The standard InChI is InChI=1S/C16H23NO2/c1-17(2)16(10-5-4-6-11-16)15(18)13-8-7-9-14(12-13)19-3/h7-9,12H,4-6,10-11H2,1-3H3. The van der Waals surface area contributed by atoms with E-state index in [1.807, 2.05) is 38.4 Å². The molecule has 0 atom stereocenters. The SMILES string of the molecule is COc1cccc(C(=O)C2(N(C)C)CCCCC2)c1. The Morgan fingerprint density at radius 2 is 1.89 bits per heavy atom. The van der Waals surface area contributed by atoms with Crippen LogP contribution in [-0.4, -0.2) is 37.4 Å². The number of carbonyl (C=O) groups is 1.